The fourth-order valence-corrected chi connectivity index (χ4v) is 2.36. The van der Waals surface area contributed by atoms with E-state index in [1.165, 1.54) is 0 Å². The molecule has 0 radical (unpaired) electrons. The third kappa shape index (κ3) is 4.49. The summed E-state index contributed by atoms with van der Waals surface area (Å²) in [6, 6.07) is 14.5. The number of methoxy groups -OCH3 is 1. The standard InChI is InChI=1S/C19H19N5O3/c1-3-27-16-7-5-4-6-14(16)12-20-23-19-21-18(25)17(22-24-19)13-8-10-15(26-2)11-9-13/h4-12H,3H2,1-2H3,(H2,21,23,24,25)/b20-12+. The van der Waals surface area contributed by atoms with Crippen LogP contribution in [0.15, 0.2) is 58.4 Å². The third-order valence-electron chi connectivity index (χ3n) is 3.65. The smallest absolute Gasteiger partial charge is 0.279 e. The molecule has 3 aromatic rings. The summed E-state index contributed by atoms with van der Waals surface area (Å²) in [5.74, 6) is 1.56. The Morgan fingerprint density at radius 1 is 1.15 bits per heavy atom. The van der Waals surface area contributed by atoms with Crippen LogP contribution in [0, 0.1) is 0 Å². The van der Waals surface area contributed by atoms with Crippen molar-refractivity contribution in [2.75, 3.05) is 19.1 Å². The molecular formula is C19H19N5O3. The fraction of sp³-hybridized carbons (Fsp3) is 0.158. The maximum atomic E-state index is 12.3. The van der Waals surface area contributed by atoms with E-state index in [1.807, 2.05) is 31.2 Å². The van der Waals surface area contributed by atoms with E-state index in [2.05, 4.69) is 25.7 Å². The van der Waals surface area contributed by atoms with E-state index in [0.717, 1.165) is 11.3 Å². The molecule has 0 unspecified atom stereocenters. The molecule has 8 heteroatoms. The van der Waals surface area contributed by atoms with Gasteiger partial charge >= 0.3 is 0 Å². The van der Waals surface area contributed by atoms with Gasteiger partial charge in [0, 0.05) is 11.1 Å². The molecule has 0 amide bonds. The van der Waals surface area contributed by atoms with Crippen molar-refractivity contribution in [3.63, 3.8) is 0 Å². The zero-order valence-corrected chi connectivity index (χ0v) is 15.0. The highest BCUT2D eigenvalue weighted by Crippen LogP contribution is 2.18. The average molecular weight is 365 g/mol. The molecule has 3 rings (SSSR count). The van der Waals surface area contributed by atoms with Crippen LogP contribution in [0.1, 0.15) is 12.5 Å². The minimum Gasteiger partial charge on any atom is -0.497 e. The van der Waals surface area contributed by atoms with Gasteiger partial charge in [0.25, 0.3) is 5.56 Å². The highest BCUT2D eigenvalue weighted by Gasteiger charge is 2.07. The van der Waals surface area contributed by atoms with E-state index in [1.54, 1.807) is 37.6 Å². The van der Waals surface area contributed by atoms with E-state index in [4.69, 9.17) is 9.47 Å². The second-order valence-corrected chi connectivity index (χ2v) is 5.42. The second-order valence-electron chi connectivity index (χ2n) is 5.42. The van der Waals surface area contributed by atoms with Crippen molar-refractivity contribution in [1.82, 2.24) is 15.2 Å². The Morgan fingerprint density at radius 2 is 1.93 bits per heavy atom. The molecule has 0 atom stereocenters. The van der Waals surface area contributed by atoms with Crippen molar-refractivity contribution in [1.29, 1.82) is 0 Å². The lowest BCUT2D eigenvalue weighted by molar-refractivity contribution is 0.340. The minimum atomic E-state index is -0.373. The molecule has 0 saturated heterocycles. The Kier molecular flexibility index (Phi) is 5.78. The Hall–Kier alpha value is -3.68. The predicted molar refractivity (Wildman–Crippen MR) is 103 cm³/mol. The maximum Gasteiger partial charge on any atom is 0.279 e. The average Bonchev–Trinajstić information content (AvgIpc) is 2.70. The Morgan fingerprint density at radius 3 is 2.63 bits per heavy atom. The topological polar surface area (TPSA) is 101 Å². The second kappa shape index (κ2) is 8.61. The van der Waals surface area contributed by atoms with Gasteiger partial charge in [-0.15, -0.1) is 10.2 Å². The van der Waals surface area contributed by atoms with Gasteiger partial charge in [-0.25, -0.2) is 5.43 Å². The monoisotopic (exact) mass is 365 g/mol. The lowest BCUT2D eigenvalue weighted by atomic mass is 10.1. The largest absolute Gasteiger partial charge is 0.497 e. The number of hydrogen-bond donors (Lipinski definition) is 2. The Labute approximate surface area is 155 Å². The molecule has 8 nitrogen and oxygen atoms in total. The zero-order valence-electron chi connectivity index (χ0n) is 15.0. The number of hydrazone groups is 1. The molecular weight excluding hydrogens is 346 g/mol. The molecule has 138 valence electrons. The number of hydrogen-bond acceptors (Lipinski definition) is 7. The molecule has 27 heavy (non-hydrogen) atoms. The number of benzene rings is 2. The van der Waals surface area contributed by atoms with Crippen LogP contribution in [0.2, 0.25) is 0 Å². The van der Waals surface area contributed by atoms with Crippen LogP contribution in [0.25, 0.3) is 11.3 Å². The third-order valence-corrected chi connectivity index (χ3v) is 3.65. The van der Waals surface area contributed by atoms with Crippen LogP contribution in [0.4, 0.5) is 5.95 Å². The highest BCUT2D eigenvalue weighted by molar-refractivity contribution is 5.83. The van der Waals surface area contributed by atoms with Crippen LogP contribution in [-0.2, 0) is 0 Å². The van der Waals surface area contributed by atoms with Crippen LogP contribution in [0.5, 0.6) is 11.5 Å². The first-order valence-electron chi connectivity index (χ1n) is 8.33. The lowest BCUT2D eigenvalue weighted by Gasteiger charge is -2.06. The zero-order chi connectivity index (χ0) is 19.1. The molecule has 0 fully saturated rings. The Bertz CT molecular complexity index is 983. The quantitative estimate of drug-likeness (QED) is 0.493. The van der Waals surface area contributed by atoms with Crippen molar-refractivity contribution in [2.24, 2.45) is 5.10 Å². The van der Waals surface area contributed by atoms with Gasteiger partial charge in [-0.1, -0.05) is 12.1 Å². The lowest BCUT2D eigenvalue weighted by Crippen LogP contribution is -2.15. The summed E-state index contributed by atoms with van der Waals surface area (Å²) in [4.78, 5) is 14.9. The van der Waals surface area contributed by atoms with Crippen molar-refractivity contribution < 1.29 is 9.47 Å². The first-order chi connectivity index (χ1) is 13.2. The molecule has 2 aromatic carbocycles. The number of para-hydroxylation sites is 1. The van der Waals surface area contributed by atoms with E-state index in [0.29, 0.717) is 17.9 Å². The number of anilines is 1. The van der Waals surface area contributed by atoms with Gasteiger partial charge in [0.1, 0.15) is 11.5 Å². The fourth-order valence-electron chi connectivity index (χ4n) is 2.36. The first kappa shape index (κ1) is 18.1. The molecule has 2 N–H and O–H groups in total. The molecule has 0 spiro atoms. The van der Waals surface area contributed by atoms with Gasteiger partial charge in [-0.2, -0.15) is 5.10 Å². The Balaban J connectivity index is 1.73. The summed E-state index contributed by atoms with van der Waals surface area (Å²) < 4.78 is 10.6. The summed E-state index contributed by atoms with van der Waals surface area (Å²) in [6.07, 6.45) is 1.59. The van der Waals surface area contributed by atoms with Crippen LogP contribution >= 0.6 is 0 Å². The predicted octanol–water partition coefficient (Wildman–Crippen LogP) is 2.69. The van der Waals surface area contributed by atoms with Crippen LogP contribution in [0.3, 0.4) is 0 Å². The normalized spacial score (nSPS) is 10.7. The number of aromatic nitrogens is 3. The highest BCUT2D eigenvalue weighted by atomic mass is 16.5. The maximum absolute atomic E-state index is 12.3. The molecule has 0 saturated carbocycles. The van der Waals surface area contributed by atoms with Gasteiger partial charge in [0.05, 0.1) is 19.9 Å². The summed E-state index contributed by atoms with van der Waals surface area (Å²) in [6.45, 7) is 2.47. The molecule has 0 aliphatic heterocycles. The van der Waals surface area contributed by atoms with Gasteiger partial charge in [-0.05, 0) is 43.3 Å². The van der Waals surface area contributed by atoms with Crippen molar-refractivity contribution >= 4 is 12.2 Å². The summed E-state index contributed by atoms with van der Waals surface area (Å²) in [5.41, 5.74) is 3.96. The molecule has 0 aliphatic rings. The van der Waals surface area contributed by atoms with E-state index < -0.39 is 0 Å². The van der Waals surface area contributed by atoms with E-state index in [-0.39, 0.29) is 17.2 Å². The van der Waals surface area contributed by atoms with Crippen molar-refractivity contribution in [2.45, 2.75) is 6.92 Å². The molecule has 1 heterocycles. The number of rotatable bonds is 7. The SMILES string of the molecule is CCOc1ccccc1/C=N/Nc1nnc(-c2ccc(OC)cc2)c(=O)[nH]1. The summed E-state index contributed by atoms with van der Waals surface area (Å²) in [5, 5.41) is 12.0. The minimum absolute atomic E-state index is 0.141. The summed E-state index contributed by atoms with van der Waals surface area (Å²) in [7, 11) is 1.58. The van der Waals surface area contributed by atoms with Crippen LogP contribution in [-0.4, -0.2) is 35.1 Å². The summed E-state index contributed by atoms with van der Waals surface area (Å²) >= 11 is 0. The number of nitrogens with one attached hydrogen (secondary N) is 2. The first-order valence-corrected chi connectivity index (χ1v) is 8.33. The number of H-pyrrole nitrogens is 1. The number of aromatic amines is 1. The number of ether oxygens (including phenoxy) is 2. The molecule has 0 bridgehead atoms. The van der Waals surface area contributed by atoms with E-state index >= 15 is 0 Å². The molecule has 1 aromatic heterocycles. The van der Waals surface area contributed by atoms with E-state index in [9.17, 15) is 4.79 Å². The van der Waals surface area contributed by atoms with Crippen molar-refractivity contribution in [3.05, 3.63) is 64.4 Å². The van der Waals surface area contributed by atoms with Gasteiger partial charge in [-0.3, -0.25) is 9.78 Å². The van der Waals surface area contributed by atoms with Gasteiger partial charge in [0.2, 0.25) is 5.95 Å². The van der Waals surface area contributed by atoms with Gasteiger partial charge < -0.3 is 9.47 Å². The van der Waals surface area contributed by atoms with Crippen molar-refractivity contribution in [3.8, 4) is 22.8 Å². The molecule has 0 aliphatic carbocycles. The van der Waals surface area contributed by atoms with Crippen LogP contribution < -0.4 is 20.5 Å². The van der Waals surface area contributed by atoms with Gasteiger partial charge in [0.15, 0.2) is 5.69 Å². The number of nitrogens with zero attached hydrogens (tertiary/aromatic N) is 3.